The van der Waals surface area contributed by atoms with Crippen molar-refractivity contribution in [2.24, 2.45) is 0 Å². The Morgan fingerprint density at radius 1 is 0.955 bits per heavy atom. The first-order valence-electron chi connectivity index (χ1n) is 6.64. The molecule has 22 heavy (non-hydrogen) atoms. The Labute approximate surface area is 137 Å². The van der Waals surface area contributed by atoms with E-state index in [1.807, 2.05) is 49.4 Å². The number of benzene rings is 3. The first-order valence-corrected chi connectivity index (χ1v) is 8.87. The molecular formula is C17H13BrO3S. The molecule has 112 valence electrons. The highest BCUT2D eigenvalue weighted by atomic mass is 79.9. The summed E-state index contributed by atoms with van der Waals surface area (Å²) >= 11 is 3.26. The Hall–Kier alpha value is -1.69. The van der Waals surface area contributed by atoms with Crippen molar-refractivity contribution in [3.05, 3.63) is 64.6 Å². The summed E-state index contributed by atoms with van der Waals surface area (Å²) in [6, 6.07) is 16.9. The van der Waals surface area contributed by atoms with Gasteiger partial charge in [0.05, 0.1) is 0 Å². The Kier molecular flexibility index (Phi) is 3.80. The maximum Gasteiger partial charge on any atom is 0.296 e. The molecule has 3 aromatic rings. The first-order chi connectivity index (χ1) is 10.4. The molecule has 0 amide bonds. The molecular weight excluding hydrogens is 364 g/mol. The quantitative estimate of drug-likeness (QED) is 0.652. The third-order valence-electron chi connectivity index (χ3n) is 3.53. The molecule has 0 bridgehead atoms. The Morgan fingerprint density at radius 2 is 1.64 bits per heavy atom. The Balaban J connectivity index is 2.46. The second-order valence-corrected chi connectivity index (χ2v) is 7.34. The van der Waals surface area contributed by atoms with Gasteiger partial charge in [-0.25, -0.2) is 0 Å². The van der Waals surface area contributed by atoms with Crippen LogP contribution >= 0.6 is 15.9 Å². The summed E-state index contributed by atoms with van der Waals surface area (Å²) < 4.78 is 33.6. The number of halogens is 1. The Bertz CT molecular complexity index is 973. The molecule has 0 saturated heterocycles. The highest BCUT2D eigenvalue weighted by Gasteiger charge is 2.22. The van der Waals surface area contributed by atoms with Gasteiger partial charge in [0.15, 0.2) is 0 Å². The number of fused-ring (bicyclic) bond motifs is 1. The minimum atomic E-state index is -4.34. The highest BCUT2D eigenvalue weighted by Crippen LogP contribution is 2.37. The van der Waals surface area contributed by atoms with Gasteiger partial charge in [-0.3, -0.25) is 4.55 Å². The van der Waals surface area contributed by atoms with Crippen LogP contribution in [0.25, 0.3) is 21.9 Å². The van der Waals surface area contributed by atoms with Crippen LogP contribution in [0.15, 0.2) is 64.0 Å². The van der Waals surface area contributed by atoms with Crippen LogP contribution in [0.4, 0.5) is 0 Å². The second-order valence-electron chi connectivity index (χ2n) is 5.13. The molecule has 0 aromatic heterocycles. The van der Waals surface area contributed by atoms with Crippen molar-refractivity contribution in [3.63, 3.8) is 0 Å². The van der Waals surface area contributed by atoms with Crippen LogP contribution in [0.3, 0.4) is 0 Å². The van der Waals surface area contributed by atoms with E-state index in [0.717, 1.165) is 21.9 Å². The van der Waals surface area contributed by atoms with Gasteiger partial charge in [0.1, 0.15) is 4.90 Å². The van der Waals surface area contributed by atoms with Gasteiger partial charge in [-0.05, 0) is 56.9 Å². The number of rotatable bonds is 2. The van der Waals surface area contributed by atoms with Crippen molar-refractivity contribution in [2.75, 3.05) is 0 Å². The summed E-state index contributed by atoms with van der Waals surface area (Å²) in [6.45, 7) is 1.88. The van der Waals surface area contributed by atoms with Crippen LogP contribution < -0.4 is 0 Å². The zero-order valence-electron chi connectivity index (χ0n) is 11.7. The van der Waals surface area contributed by atoms with Crippen LogP contribution in [0.1, 0.15) is 5.56 Å². The fraction of sp³-hybridized carbons (Fsp3) is 0.0588. The molecule has 0 aliphatic heterocycles. The molecule has 0 saturated carbocycles. The van der Waals surface area contributed by atoms with Crippen molar-refractivity contribution in [1.82, 2.24) is 0 Å². The van der Waals surface area contributed by atoms with Crippen molar-refractivity contribution in [3.8, 4) is 11.1 Å². The van der Waals surface area contributed by atoms with E-state index in [2.05, 4.69) is 15.9 Å². The minimum Gasteiger partial charge on any atom is -0.282 e. The van der Waals surface area contributed by atoms with E-state index in [4.69, 9.17) is 0 Å². The summed E-state index contributed by atoms with van der Waals surface area (Å²) in [4.78, 5) is -0.102. The summed E-state index contributed by atoms with van der Waals surface area (Å²) in [5, 5.41) is 1.95. The average Bonchev–Trinajstić information content (AvgIpc) is 2.44. The first kappa shape index (κ1) is 15.2. The van der Waals surface area contributed by atoms with Gasteiger partial charge in [-0.2, -0.15) is 8.42 Å². The van der Waals surface area contributed by atoms with E-state index in [1.54, 1.807) is 12.1 Å². The highest BCUT2D eigenvalue weighted by molar-refractivity contribution is 9.10. The van der Waals surface area contributed by atoms with E-state index in [9.17, 15) is 13.0 Å². The van der Waals surface area contributed by atoms with E-state index >= 15 is 0 Å². The van der Waals surface area contributed by atoms with Crippen molar-refractivity contribution < 1.29 is 13.0 Å². The Morgan fingerprint density at radius 3 is 2.36 bits per heavy atom. The van der Waals surface area contributed by atoms with E-state index in [0.29, 0.717) is 10.0 Å². The summed E-state index contributed by atoms with van der Waals surface area (Å²) in [5.41, 5.74) is 2.17. The molecule has 1 N–H and O–H groups in total. The van der Waals surface area contributed by atoms with Crippen LogP contribution in [-0.2, 0) is 10.1 Å². The molecule has 5 heteroatoms. The van der Waals surface area contributed by atoms with Gasteiger partial charge >= 0.3 is 0 Å². The molecule has 3 aromatic carbocycles. The summed E-state index contributed by atoms with van der Waals surface area (Å²) in [6.07, 6.45) is 0. The standard InChI is InChI=1S/C17H13BrO3S/c1-11-9-15(17(16(18)10-11)22(19,20)21)14-8-4-6-12-5-2-3-7-13(12)14/h2-10H,1H3,(H,19,20,21). The number of hydrogen-bond donors (Lipinski definition) is 1. The van der Waals surface area contributed by atoms with Crippen LogP contribution in [0, 0.1) is 6.92 Å². The predicted octanol–water partition coefficient (Wildman–Crippen LogP) is 4.82. The molecule has 3 rings (SSSR count). The lowest BCUT2D eigenvalue weighted by molar-refractivity contribution is 0.483. The molecule has 0 aliphatic rings. The molecule has 0 fully saturated rings. The second kappa shape index (κ2) is 5.50. The van der Waals surface area contributed by atoms with Gasteiger partial charge in [0.2, 0.25) is 0 Å². The molecule has 3 nitrogen and oxygen atoms in total. The third-order valence-corrected chi connectivity index (χ3v) is 5.37. The lowest BCUT2D eigenvalue weighted by Crippen LogP contribution is -2.03. The number of aryl methyl sites for hydroxylation is 1. The van der Waals surface area contributed by atoms with E-state index in [-0.39, 0.29) is 4.90 Å². The predicted molar refractivity (Wildman–Crippen MR) is 91.6 cm³/mol. The maximum atomic E-state index is 11.8. The fourth-order valence-corrected chi connectivity index (χ4v) is 4.59. The SMILES string of the molecule is Cc1cc(Br)c(S(=O)(=O)O)c(-c2cccc3ccccc23)c1. The van der Waals surface area contributed by atoms with Crippen LogP contribution in [0.5, 0.6) is 0 Å². The molecule has 0 spiro atoms. The van der Waals surface area contributed by atoms with Crippen LogP contribution in [0.2, 0.25) is 0 Å². The largest absolute Gasteiger partial charge is 0.296 e. The smallest absolute Gasteiger partial charge is 0.282 e. The third kappa shape index (κ3) is 2.67. The fourth-order valence-electron chi connectivity index (χ4n) is 2.65. The summed E-state index contributed by atoms with van der Waals surface area (Å²) in [7, 11) is -4.34. The zero-order valence-corrected chi connectivity index (χ0v) is 14.1. The van der Waals surface area contributed by atoms with Crippen LogP contribution in [-0.4, -0.2) is 13.0 Å². The van der Waals surface area contributed by atoms with Gasteiger partial charge in [-0.1, -0.05) is 42.5 Å². The van der Waals surface area contributed by atoms with Crippen molar-refractivity contribution in [2.45, 2.75) is 11.8 Å². The molecule has 0 heterocycles. The lowest BCUT2D eigenvalue weighted by atomic mass is 9.97. The molecule has 0 unspecified atom stereocenters. The minimum absolute atomic E-state index is 0.102. The van der Waals surface area contributed by atoms with Crippen molar-refractivity contribution >= 4 is 36.8 Å². The normalized spacial score (nSPS) is 11.8. The van der Waals surface area contributed by atoms with E-state index < -0.39 is 10.1 Å². The van der Waals surface area contributed by atoms with Gasteiger partial charge in [-0.15, -0.1) is 0 Å². The molecule has 0 aliphatic carbocycles. The lowest BCUT2D eigenvalue weighted by Gasteiger charge is -2.13. The topological polar surface area (TPSA) is 54.4 Å². The summed E-state index contributed by atoms with van der Waals surface area (Å²) in [5.74, 6) is 0. The van der Waals surface area contributed by atoms with Gasteiger partial charge < -0.3 is 0 Å². The number of hydrogen-bond acceptors (Lipinski definition) is 2. The molecule has 0 atom stereocenters. The van der Waals surface area contributed by atoms with Gasteiger partial charge in [0, 0.05) is 10.0 Å². The molecule has 0 radical (unpaired) electrons. The van der Waals surface area contributed by atoms with Crippen molar-refractivity contribution in [1.29, 1.82) is 0 Å². The zero-order chi connectivity index (χ0) is 15.9. The average molecular weight is 377 g/mol. The van der Waals surface area contributed by atoms with Gasteiger partial charge in [0.25, 0.3) is 10.1 Å². The maximum absolute atomic E-state index is 11.8. The van der Waals surface area contributed by atoms with E-state index in [1.165, 1.54) is 0 Å². The monoisotopic (exact) mass is 376 g/mol.